The molecule has 2 heterocycles. The van der Waals surface area contributed by atoms with Crippen LogP contribution in [-0.2, 0) is 14.2 Å². The molecule has 0 bridgehead atoms. The molecule has 0 aromatic carbocycles. The molecule has 2 rings (SSSR count). The van der Waals surface area contributed by atoms with Crippen LogP contribution in [-0.4, -0.2) is 51.2 Å². The van der Waals surface area contributed by atoms with Gasteiger partial charge in [-0.3, -0.25) is 0 Å². The average Bonchev–Trinajstić information content (AvgIpc) is 2.38. The third-order valence-electron chi connectivity index (χ3n) is 3.34. The monoisotopic (exact) mass is 229 g/mol. The molecule has 2 aliphatic rings. The van der Waals surface area contributed by atoms with E-state index in [1.54, 1.807) is 0 Å². The molecule has 0 radical (unpaired) electrons. The SMILES string of the molecule is CCC1CC(NCC2COCCO2)CCO1. The first-order valence-corrected chi connectivity index (χ1v) is 6.42. The van der Waals surface area contributed by atoms with Crippen molar-refractivity contribution >= 4 is 0 Å². The zero-order valence-corrected chi connectivity index (χ0v) is 10.1. The van der Waals surface area contributed by atoms with Gasteiger partial charge in [-0.25, -0.2) is 0 Å². The van der Waals surface area contributed by atoms with Gasteiger partial charge in [0.05, 0.1) is 32.0 Å². The van der Waals surface area contributed by atoms with Gasteiger partial charge >= 0.3 is 0 Å². The molecule has 94 valence electrons. The molecule has 4 nitrogen and oxygen atoms in total. The lowest BCUT2D eigenvalue weighted by Crippen LogP contribution is -2.45. The summed E-state index contributed by atoms with van der Waals surface area (Å²) < 4.78 is 16.6. The van der Waals surface area contributed by atoms with Crippen LogP contribution in [0.1, 0.15) is 26.2 Å². The van der Waals surface area contributed by atoms with Gasteiger partial charge in [0, 0.05) is 19.2 Å². The topological polar surface area (TPSA) is 39.7 Å². The lowest BCUT2D eigenvalue weighted by Gasteiger charge is -2.31. The van der Waals surface area contributed by atoms with Gasteiger partial charge < -0.3 is 19.5 Å². The highest BCUT2D eigenvalue weighted by Gasteiger charge is 2.22. The predicted molar refractivity (Wildman–Crippen MR) is 61.6 cm³/mol. The lowest BCUT2D eigenvalue weighted by atomic mass is 10.0. The largest absolute Gasteiger partial charge is 0.378 e. The molecule has 3 atom stereocenters. The smallest absolute Gasteiger partial charge is 0.0933 e. The van der Waals surface area contributed by atoms with Crippen molar-refractivity contribution in [2.24, 2.45) is 0 Å². The minimum Gasteiger partial charge on any atom is -0.378 e. The second-order valence-electron chi connectivity index (χ2n) is 4.60. The third kappa shape index (κ3) is 3.70. The summed E-state index contributed by atoms with van der Waals surface area (Å²) in [6.07, 6.45) is 4.03. The summed E-state index contributed by atoms with van der Waals surface area (Å²) in [6.45, 7) is 6.18. The summed E-state index contributed by atoms with van der Waals surface area (Å²) >= 11 is 0. The van der Waals surface area contributed by atoms with Crippen LogP contribution in [0, 0.1) is 0 Å². The standard InChI is InChI=1S/C12H23NO3/c1-2-11-7-10(3-4-15-11)13-8-12-9-14-5-6-16-12/h10-13H,2-9H2,1H3. The highest BCUT2D eigenvalue weighted by Crippen LogP contribution is 2.16. The number of rotatable bonds is 4. The Morgan fingerprint density at radius 3 is 2.75 bits per heavy atom. The predicted octanol–water partition coefficient (Wildman–Crippen LogP) is 0.949. The average molecular weight is 229 g/mol. The summed E-state index contributed by atoms with van der Waals surface area (Å²) in [6, 6.07) is 0.587. The van der Waals surface area contributed by atoms with Crippen LogP contribution in [0.3, 0.4) is 0 Å². The molecule has 4 heteroatoms. The molecule has 2 aliphatic heterocycles. The Hall–Kier alpha value is -0.160. The Balaban J connectivity index is 1.64. The van der Waals surface area contributed by atoms with E-state index in [1.807, 2.05) is 0 Å². The van der Waals surface area contributed by atoms with Crippen LogP contribution in [0.4, 0.5) is 0 Å². The van der Waals surface area contributed by atoms with Crippen molar-refractivity contribution in [2.75, 3.05) is 33.0 Å². The molecule has 16 heavy (non-hydrogen) atoms. The van der Waals surface area contributed by atoms with Gasteiger partial charge in [-0.15, -0.1) is 0 Å². The molecular formula is C12H23NO3. The Morgan fingerprint density at radius 1 is 1.12 bits per heavy atom. The summed E-state index contributed by atoms with van der Waals surface area (Å²) in [5.74, 6) is 0. The quantitative estimate of drug-likeness (QED) is 0.779. The van der Waals surface area contributed by atoms with E-state index < -0.39 is 0 Å². The normalized spacial score (nSPS) is 36.2. The Bertz CT molecular complexity index is 195. The van der Waals surface area contributed by atoms with E-state index in [-0.39, 0.29) is 6.10 Å². The molecule has 0 spiro atoms. The highest BCUT2D eigenvalue weighted by molar-refractivity contribution is 4.78. The Morgan fingerprint density at radius 2 is 2.00 bits per heavy atom. The number of nitrogens with one attached hydrogen (secondary N) is 1. The molecule has 0 aromatic heterocycles. The maximum atomic E-state index is 5.65. The van der Waals surface area contributed by atoms with Crippen LogP contribution in [0.2, 0.25) is 0 Å². The van der Waals surface area contributed by atoms with Crippen molar-refractivity contribution in [1.82, 2.24) is 5.32 Å². The van der Waals surface area contributed by atoms with Gasteiger partial charge in [0.15, 0.2) is 0 Å². The van der Waals surface area contributed by atoms with E-state index in [9.17, 15) is 0 Å². The molecular weight excluding hydrogens is 206 g/mol. The fourth-order valence-electron chi connectivity index (χ4n) is 2.30. The zero-order valence-electron chi connectivity index (χ0n) is 10.1. The van der Waals surface area contributed by atoms with Gasteiger partial charge in [0.2, 0.25) is 0 Å². The van der Waals surface area contributed by atoms with E-state index in [0.29, 0.717) is 12.1 Å². The van der Waals surface area contributed by atoms with Crippen LogP contribution >= 0.6 is 0 Å². The molecule has 2 fully saturated rings. The first-order valence-electron chi connectivity index (χ1n) is 6.42. The maximum Gasteiger partial charge on any atom is 0.0933 e. The molecule has 1 N–H and O–H groups in total. The molecule has 3 unspecified atom stereocenters. The van der Waals surface area contributed by atoms with Gasteiger partial charge in [-0.05, 0) is 19.3 Å². The number of hydrogen-bond acceptors (Lipinski definition) is 4. The van der Waals surface area contributed by atoms with E-state index >= 15 is 0 Å². The molecule has 0 saturated carbocycles. The van der Waals surface area contributed by atoms with Crippen LogP contribution in [0.15, 0.2) is 0 Å². The van der Waals surface area contributed by atoms with E-state index in [4.69, 9.17) is 14.2 Å². The van der Waals surface area contributed by atoms with Crippen molar-refractivity contribution in [1.29, 1.82) is 0 Å². The van der Waals surface area contributed by atoms with Crippen LogP contribution in [0.5, 0.6) is 0 Å². The number of ether oxygens (including phenoxy) is 3. The van der Waals surface area contributed by atoms with Crippen molar-refractivity contribution in [3.8, 4) is 0 Å². The second-order valence-corrected chi connectivity index (χ2v) is 4.60. The molecule has 0 amide bonds. The summed E-state index contributed by atoms with van der Waals surface area (Å²) in [5, 5.41) is 3.57. The fourth-order valence-corrected chi connectivity index (χ4v) is 2.30. The van der Waals surface area contributed by atoms with Gasteiger partial charge in [0.1, 0.15) is 0 Å². The lowest BCUT2D eigenvalue weighted by molar-refractivity contribution is -0.0887. The zero-order chi connectivity index (χ0) is 11.2. The van der Waals surface area contributed by atoms with E-state index in [1.165, 1.54) is 0 Å². The molecule has 2 saturated heterocycles. The highest BCUT2D eigenvalue weighted by atomic mass is 16.6. The van der Waals surface area contributed by atoms with Gasteiger partial charge in [-0.2, -0.15) is 0 Å². The molecule has 0 aliphatic carbocycles. The van der Waals surface area contributed by atoms with Crippen molar-refractivity contribution in [3.05, 3.63) is 0 Å². The summed E-state index contributed by atoms with van der Waals surface area (Å²) in [7, 11) is 0. The van der Waals surface area contributed by atoms with E-state index in [0.717, 1.165) is 52.2 Å². The Kier molecular flexibility index (Phi) is 5.03. The van der Waals surface area contributed by atoms with Gasteiger partial charge in [-0.1, -0.05) is 6.92 Å². The molecule has 0 aromatic rings. The maximum absolute atomic E-state index is 5.65. The minimum atomic E-state index is 0.233. The second kappa shape index (κ2) is 6.55. The fraction of sp³-hybridized carbons (Fsp3) is 1.00. The van der Waals surface area contributed by atoms with Crippen molar-refractivity contribution in [2.45, 2.75) is 44.4 Å². The Labute approximate surface area is 97.6 Å². The number of hydrogen-bond donors (Lipinski definition) is 1. The summed E-state index contributed by atoms with van der Waals surface area (Å²) in [4.78, 5) is 0. The van der Waals surface area contributed by atoms with Crippen LogP contribution < -0.4 is 5.32 Å². The first-order chi connectivity index (χ1) is 7.88. The summed E-state index contributed by atoms with van der Waals surface area (Å²) in [5.41, 5.74) is 0. The van der Waals surface area contributed by atoms with Gasteiger partial charge in [0.25, 0.3) is 0 Å². The van der Waals surface area contributed by atoms with E-state index in [2.05, 4.69) is 12.2 Å². The first kappa shape index (κ1) is 12.3. The van der Waals surface area contributed by atoms with Crippen LogP contribution in [0.25, 0.3) is 0 Å². The van der Waals surface area contributed by atoms with Crippen molar-refractivity contribution < 1.29 is 14.2 Å². The van der Waals surface area contributed by atoms with Crippen molar-refractivity contribution in [3.63, 3.8) is 0 Å². The third-order valence-corrected chi connectivity index (χ3v) is 3.34. The minimum absolute atomic E-state index is 0.233.